The van der Waals surface area contributed by atoms with E-state index in [1.807, 2.05) is 19.2 Å². The summed E-state index contributed by atoms with van der Waals surface area (Å²) >= 11 is 0. The molecule has 0 aliphatic heterocycles. The minimum absolute atomic E-state index is 0.113. The van der Waals surface area contributed by atoms with Gasteiger partial charge in [-0.3, -0.25) is 4.90 Å². The van der Waals surface area contributed by atoms with Gasteiger partial charge in [-0.05, 0) is 64.6 Å². The van der Waals surface area contributed by atoms with Gasteiger partial charge in [-0.15, -0.1) is 0 Å². The molecule has 0 radical (unpaired) electrons. The number of nitrogens with one attached hydrogen (secondary N) is 1. The summed E-state index contributed by atoms with van der Waals surface area (Å²) < 4.78 is 13.5. The zero-order valence-electron chi connectivity index (χ0n) is 11.3. The van der Waals surface area contributed by atoms with Crippen molar-refractivity contribution in [2.24, 2.45) is 0 Å². The second-order valence-electron chi connectivity index (χ2n) is 4.62. The van der Waals surface area contributed by atoms with Crippen molar-refractivity contribution in [3.05, 3.63) is 35.1 Å². The number of benzene rings is 1. The van der Waals surface area contributed by atoms with Crippen molar-refractivity contribution in [1.29, 1.82) is 0 Å². The van der Waals surface area contributed by atoms with Crippen LogP contribution in [-0.4, -0.2) is 32.1 Å². The summed E-state index contributed by atoms with van der Waals surface area (Å²) in [6.07, 6.45) is 1.10. The first-order chi connectivity index (χ1) is 8.06. The van der Waals surface area contributed by atoms with E-state index in [9.17, 15) is 4.39 Å². The summed E-state index contributed by atoms with van der Waals surface area (Å²) in [4.78, 5) is 2.25. The van der Waals surface area contributed by atoms with E-state index in [4.69, 9.17) is 0 Å². The highest BCUT2D eigenvalue weighted by molar-refractivity contribution is 5.25. The molecule has 1 N–H and O–H groups in total. The van der Waals surface area contributed by atoms with Gasteiger partial charge < -0.3 is 5.32 Å². The van der Waals surface area contributed by atoms with E-state index in [1.165, 1.54) is 0 Å². The summed E-state index contributed by atoms with van der Waals surface area (Å²) in [6, 6.07) is 5.76. The molecule has 0 fully saturated rings. The third-order valence-corrected chi connectivity index (χ3v) is 3.28. The Morgan fingerprint density at radius 2 is 2.12 bits per heavy atom. The van der Waals surface area contributed by atoms with Crippen LogP contribution in [0.5, 0.6) is 0 Å². The van der Waals surface area contributed by atoms with Gasteiger partial charge in [0.1, 0.15) is 5.82 Å². The summed E-state index contributed by atoms with van der Waals surface area (Å²) in [7, 11) is 4.04. The molecule has 3 heteroatoms. The van der Waals surface area contributed by atoms with Gasteiger partial charge in [-0.2, -0.15) is 0 Å². The first-order valence-corrected chi connectivity index (χ1v) is 6.17. The highest BCUT2D eigenvalue weighted by atomic mass is 19.1. The Kier molecular flexibility index (Phi) is 5.59. The highest BCUT2D eigenvalue weighted by Gasteiger charge is 2.12. The molecule has 0 saturated heterocycles. The SMILES string of the molecule is CNCCCN(C)C(C)c1ccc(C)c(F)c1. The Morgan fingerprint density at radius 3 is 2.71 bits per heavy atom. The molecule has 1 aromatic rings. The van der Waals surface area contributed by atoms with E-state index in [0.29, 0.717) is 5.56 Å². The number of hydrogen-bond acceptors (Lipinski definition) is 2. The van der Waals surface area contributed by atoms with Crippen LogP contribution in [0.15, 0.2) is 18.2 Å². The minimum Gasteiger partial charge on any atom is -0.320 e. The lowest BCUT2D eigenvalue weighted by Crippen LogP contribution is -2.25. The van der Waals surface area contributed by atoms with E-state index in [2.05, 4.69) is 24.2 Å². The molecule has 0 spiro atoms. The molecular weight excluding hydrogens is 215 g/mol. The van der Waals surface area contributed by atoms with Crippen molar-refractivity contribution in [3.8, 4) is 0 Å². The summed E-state index contributed by atoms with van der Waals surface area (Å²) in [5.41, 5.74) is 1.75. The van der Waals surface area contributed by atoms with Crippen molar-refractivity contribution >= 4 is 0 Å². The monoisotopic (exact) mass is 238 g/mol. The Labute approximate surface area is 104 Å². The van der Waals surface area contributed by atoms with Crippen LogP contribution in [-0.2, 0) is 0 Å². The molecule has 0 aliphatic rings. The van der Waals surface area contributed by atoms with Crippen LogP contribution in [0.25, 0.3) is 0 Å². The lowest BCUT2D eigenvalue weighted by Gasteiger charge is -2.25. The average molecular weight is 238 g/mol. The van der Waals surface area contributed by atoms with Gasteiger partial charge in [0.15, 0.2) is 0 Å². The molecular formula is C14H23FN2. The predicted octanol–water partition coefficient (Wildman–Crippen LogP) is 2.74. The average Bonchev–Trinajstić information content (AvgIpc) is 2.32. The van der Waals surface area contributed by atoms with Gasteiger partial charge in [0, 0.05) is 6.04 Å². The molecule has 0 amide bonds. The molecule has 0 heterocycles. The third kappa shape index (κ3) is 4.10. The fourth-order valence-electron chi connectivity index (χ4n) is 1.82. The van der Waals surface area contributed by atoms with Crippen LogP contribution in [0.3, 0.4) is 0 Å². The van der Waals surface area contributed by atoms with Crippen molar-refractivity contribution in [2.75, 3.05) is 27.2 Å². The quantitative estimate of drug-likeness (QED) is 0.767. The normalized spacial score (nSPS) is 13.1. The molecule has 2 nitrogen and oxygen atoms in total. The third-order valence-electron chi connectivity index (χ3n) is 3.28. The van der Waals surface area contributed by atoms with Crippen molar-refractivity contribution < 1.29 is 4.39 Å². The van der Waals surface area contributed by atoms with Gasteiger partial charge >= 0.3 is 0 Å². The zero-order valence-corrected chi connectivity index (χ0v) is 11.3. The molecule has 0 saturated carbocycles. The lowest BCUT2D eigenvalue weighted by molar-refractivity contribution is 0.257. The smallest absolute Gasteiger partial charge is 0.126 e. The maximum atomic E-state index is 13.5. The first kappa shape index (κ1) is 14.1. The van der Waals surface area contributed by atoms with Crippen LogP contribution in [0.4, 0.5) is 4.39 Å². The second-order valence-corrected chi connectivity index (χ2v) is 4.62. The summed E-state index contributed by atoms with van der Waals surface area (Å²) in [6.45, 7) is 5.93. The fraction of sp³-hybridized carbons (Fsp3) is 0.571. The van der Waals surface area contributed by atoms with Crippen LogP contribution in [0.2, 0.25) is 0 Å². The van der Waals surface area contributed by atoms with Crippen molar-refractivity contribution in [1.82, 2.24) is 10.2 Å². The Morgan fingerprint density at radius 1 is 1.41 bits per heavy atom. The van der Waals surface area contributed by atoms with Crippen LogP contribution in [0.1, 0.15) is 30.5 Å². The fourth-order valence-corrected chi connectivity index (χ4v) is 1.82. The maximum Gasteiger partial charge on any atom is 0.126 e. The maximum absolute atomic E-state index is 13.5. The Hall–Kier alpha value is -0.930. The lowest BCUT2D eigenvalue weighted by atomic mass is 10.0. The molecule has 0 aromatic heterocycles. The molecule has 1 atom stereocenters. The van der Waals surface area contributed by atoms with Crippen molar-refractivity contribution in [3.63, 3.8) is 0 Å². The molecule has 1 rings (SSSR count). The molecule has 96 valence electrons. The van der Waals surface area contributed by atoms with E-state index in [-0.39, 0.29) is 11.9 Å². The van der Waals surface area contributed by atoms with Gasteiger partial charge in [-0.1, -0.05) is 12.1 Å². The van der Waals surface area contributed by atoms with Crippen LogP contribution >= 0.6 is 0 Å². The number of halogens is 1. The van der Waals surface area contributed by atoms with E-state index >= 15 is 0 Å². The minimum atomic E-state index is -0.113. The number of hydrogen-bond donors (Lipinski definition) is 1. The van der Waals surface area contributed by atoms with Crippen LogP contribution < -0.4 is 5.32 Å². The molecule has 1 aromatic carbocycles. The van der Waals surface area contributed by atoms with E-state index in [0.717, 1.165) is 25.1 Å². The second kappa shape index (κ2) is 6.72. The van der Waals surface area contributed by atoms with Gasteiger partial charge in [-0.25, -0.2) is 4.39 Å². The van der Waals surface area contributed by atoms with Gasteiger partial charge in [0.25, 0.3) is 0 Å². The highest BCUT2D eigenvalue weighted by Crippen LogP contribution is 2.20. The van der Waals surface area contributed by atoms with Gasteiger partial charge in [0.2, 0.25) is 0 Å². The largest absolute Gasteiger partial charge is 0.320 e. The van der Waals surface area contributed by atoms with E-state index < -0.39 is 0 Å². The Bertz CT molecular complexity index is 352. The number of nitrogens with zero attached hydrogens (tertiary/aromatic N) is 1. The molecule has 0 bridgehead atoms. The standard InChI is InChI=1S/C14H23FN2/c1-11-6-7-13(10-14(11)15)12(2)17(4)9-5-8-16-3/h6-7,10,12,16H,5,8-9H2,1-4H3. The van der Waals surface area contributed by atoms with E-state index in [1.54, 1.807) is 13.0 Å². The van der Waals surface area contributed by atoms with Crippen molar-refractivity contribution in [2.45, 2.75) is 26.3 Å². The van der Waals surface area contributed by atoms with Crippen LogP contribution in [0, 0.1) is 12.7 Å². The zero-order chi connectivity index (χ0) is 12.8. The number of aryl methyl sites for hydroxylation is 1. The Balaban J connectivity index is 2.61. The summed E-state index contributed by atoms with van der Waals surface area (Å²) in [5.74, 6) is -0.113. The first-order valence-electron chi connectivity index (χ1n) is 6.17. The molecule has 0 aliphatic carbocycles. The number of rotatable bonds is 6. The molecule has 1 unspecified atom stereocenters. The topological polar surface area (TPSA) is 15.3 Å². The summed E-state index contributed by atoms with van der Waals surface area (Å²) in [5, 5.41) is 3.13. The predicted molar refractivity (Wildman–Crippen MR) is 70.7 cm³/mol. The molecule has 17 heavy (non-hydrogen) atoms. The van der Waals surface area contributed by atoms with Gasteiger partial charge in [0.05, 0.1) is 0 Å².